The highest BCUT2D eigenvalue weighted by molar-refractivity contribution is 9.10. The van der Waals surface area contributed by atoms with E-state index in [0.717, 1.165) is 0 Å². The maximum absolute atomic E-state index is 12.5. The molecule has 3 rings (SSSR count). The van der Waals surface area contributed by atoms with Crippen molar-refractivity contribution in [2.24, 2.45) is 0 Å². The number of nitrogens with zero attached hydrogens (tertiary/aromatic N) is 1. The average molecular weight is 463 g/mol. The van der Waals surface area contributed by atoms with Gasteiger partial charge in [-0.1, -0.05) is 28.1 Å². The Labute approximate surface area is 175 Å². The van der Waals surface area contributed by atoms with Crippen molar-refractivity contribution >= 4 is 45.1 Å². The fourth-order valence-electron chi connectivity index (χ4n) is 2.91. The van der Waals surface area contributed by atoms with Crippen LogP contribution in [0.25, 0.3) is 0 Å². The third-order valence-electron chi connectivity index (χ3n) is 4.32. The molecule has 9 heteroatoms. The molecule has 1 N–H and O–H groups in total. The maximum Gasteiger partial charge on any atom is 0.310 e. The first-order valence-corrected chi connectivity index (χ1v) is 9.47. The number of hydrogen-bond donors (Lipinski definition) is 1. The first-order valence-electron chi connectivity index (χ1n) is 8.68. The number of rotatable bonds is 6. The van der Waals surface area contributed by atoms with Gasteiger partial charge in [0.2, 0.25) is 5.91 Å². The number of esters is 1. The lowest BCUT2D eigenvalue weighted by Crippen LogP contribution is -2.44. The van der Waals surface area contributed by atoms with Gasteiger partial charge in [-0.15, -0.1) is 0 Å². The molecule has 2 amide bonds. The van der Waals surface area contributed by atoms with Crippen LogP contribution in [-0.4, -0.2) is 45.2 Å². The second kappa shape index (κ2) is 8.95. The standard InChI is InChI=1S/C20H19BrN2O6/c1-27-16-7-12(13(21)9-17(16)28-2)8-20(26)29-11-19(25)23-10-18(24)22-14-5-3-4-6-15(14)23/h3-7,9H,8,10-11H2,1-2H3,(H,22,24). The Kier molecular flexibility index (Phi) is 6.38. The van der Waals surface area contributed by atoms with Crippen molar-refractivity contribution in [3.8, 4) is 11.5 Å². The van der Waals surface area contributed by atoms with E-state index in [2.05, 4.69) is 21.2 Å². The molecule has 0 atom stereocenters. The Morgan fingerprint density at radius 3 is 2.55 bits per heavy atom. The second-order valence-corrected chi connectivity index (χ2v) is 7.04. The summed E-state index contributed by atoms with van der Waals surface area (Å²) >= 11 is 3.38. The maximum atomic E-state index is 12.5. The average Bonchev–Trinajstić information content (AvgIpc) is 2.72. The first-order chi connectivity index (χ1) is 13.9. The van der Waals surface area contributed by atoms with Gasteiger partial charge in [0.05, 0.1) is 32.0 Å². The zero-order chi connectivity index (χ0) is 21.0. The van der Waals surface area contributed by atoms with Crippen molar-refractivity contribution in [1.29, 1.82) is 0 Å². The molecular weight excluding hydrogens is 444 g/mol. The molecule has 0 aromatic heterocycles. The monoisotopic (exact) mass is 462 g/mol. The Morgan fingerprint density at radius 2 is 1.83 bits per heavy atom. The molecule has 152 valence electrons. The number of nitrogens with one attached hydrogen (secondary N) is 1. The van der Waals surface area contributed by atoms with Crippen molar-refractivity contribution in [1.82, 2.24) is 0 Å². The molecule has 0 bridgehead atoms. The van der Waals surface area contributed by atoms with Crippen LogP contribution in [0.3, 0.4) is 0 Å². The van der Waals surface area contributed by atoms with Gasteiger partial charge >= 0.3 is 5.97 Å². The van der Waals surface area contributed by atoms with Gasteiger partial charge in [0.1, 0.15) is 6.54 Å². The summed E-state index contributed by atoms with van der Waals surface area (Å²) in [6, 6.07) is 10.3. The summed E-state index contributed by atoms with van der Waals surface area (Å²) in [6.45, 7) is -0.597. The number of carbonyl (C=O) groups excluding carboxylic acids is 3. The van der Waals surface area contributed by atoms with Crippen LogP contribution in [0.2, 0.25) is 0 Å². The van der Waals surface area contributed by atoms with Crippen LogP contribution in [0, 0.1) is 0 Å². The summed E-state index contributed by atoms with van der Waals surface area (Å²) in [5.74, 6) is -0.370. The number of amides is 2. The smallest absolute Gasteiger partial charge is 0.310 e. The number of fused-ring (bicyclic) bond motifs is 1. The lowest BCUT2D eigenvalue weighted by atomic mass is 10.1. The number of halogens is 1. The van der Waals surface area contributed by atoms with E-state index in [-0.39, 0.29) is 18.9 Å². The second-order valence-electron chi connectivity index (χ2n) is 6.18. The van der Waals surface area contributed by atoms with E-state index in [4.69, 9.17) is 14.2 Å². The normalized spacial score (nSPS) is 12.7. The van der Waals surface area contributed by atoms with Gasteiger partial charge < -0.3 is 19.5 Å². The van der Waals surface area contributed by atoms with Crippen LogP contribution < -0.4 is 19.7 Å². The summed E-state index contributed by atoms with van der Waals surface area (Å²) in [5, 5.41) is 2.70. The van der Waals surface area contributed by atoms with E-state index in [1.807, 2.05) is 0 Å². The lowest BCUT2D eigenvalue weighted by Gasteiger charge is -2.28. The molecule has 8 nitrogen and oxygen atoms in total. The third kappa shape index (κ3) is 4.68. The molecule has 29 heavy (non-hydrogen) atoms. The SMILES string of the molecule is COc1cc(Br)c(CC(=O)OCC(=O)N2CC(=O)Nc3ccccc32)cc1OC. The zero-order valence-corrected chi connectivity index (χ0v) is 17.4. The van der Waals surface area contributed by atoms with Gasteiger partial charge in [0.15, 0.2) is 18.1 Å². The Hall–Kier alpha value is -3.07. The lowest BCUT2D eigenvalue weighted by molar-refractivity contribution is -0.147. The topological polar surface area (TPSA) is 94.2 Å². The fraction of sp³-hybridized carbons (Fsp3) is 0.250. The predicted octanol–water partition coefficient (Wildman–Crippen LogP) is 2.54. The number of ether oxygens (including phenoxy) is 3. The van der Waals surface area contributed by atoms with Gasteiger partial charge in [-0.3, -0.25) is 19.3 Å². The number of benzene rings is 2. The van der Waals surface area contributed by atoms with E-state index in [9.17, 15) is 14.4 Å². The highest BCUT2D eigenvalue weighted by Gasteiger charge is 2.27. The summed E-state index contributed by atoms with van der Waals surface area (Å²) < 4.78 is 16.2. The van der Waals surface area contributed by atoms with Crippen LogP contribution in [0.4, 0.5) is 11.4 Å². The van der Waals surface area contributed by atoms with Gasteiger partial charge in [-0.2, -0.15) is 0 Å². The van der Waals surface area contributed by atoms with Crippen LogP contribution in [0.5, 0.6) is 11.5 Å². The molecule has 1 aliphatic heterocycles. The first kappa shape index (κ1) is 20.7. The van der Waals surface area contributed by atoms with E-state index >= 15 is 0 Å². The Balaban J connectivity index is 1.64. The minimum absolute atomic E-state index is 0.0642. The molecule has 1 heterocycles. The van der Waals surface area contributed by atoms with Crippen molar-refractivity contribution in [2.75, 3.05) is 37.6 Å². The zero-order valence-electron chi connectivity index (χ0n) is 15.9. The summed E-state index contributed by atoms with van der Waals surface area (Å²) in [7, 11) is 3.02. The van der Waals surface area contributed by atoms with Crippen molar-refractivity contribution in [3.63, 3.8) is 0 Å². The number of para-hydroxylation sites is 2. The van der Waals surface area contributed by atoms with E-state index in [1.54, 1.807) is 36.4 Å². The molecule has 2 aromatic carbocycles. The highest BCUT2D eigenvalue weighted by atomic mass is 79.9. The van der Waals surface area contributed by atoms with Crippen molar-refractivity contribution in [2.45, 2.75) is 6.42 Å². The van der Waals surface area contributed by atoms with E-state index < -0.39 is 18.5 Å². The van der Waals surface area contributed by atoms with Crippen LogP contribution in [0.15, 0.2) is 40.9 Å². The summed E-state index contributed by atoms with van der Waals surface area (Å²) in [5.41, 5.74) is 1.73. The quantitative estimate of drug-likeness (QED) is 0.662. The molecule has 0 aliphatic carbocycles. The van der Waals surface area contributed by atoms with Crippen LogP contribution in [0.1, 0.15) is 5.56 Å². The molecule has 2 aromatic rings. The van der Waals surface area contributed by atoms with Crippen molar-refractivity contribution < 1.29 is 28.6 Å². The van der Waals surface area contributed by atoms with Crippen LogP contribution >= 0.6 is 15.9 Å². The number of methoxy groups -OCH3 is 2. The summed E-state index contributed by atoms with van der Waals surface area (Å²) in [4.78, 5) is 37.9. The Morgan fingerprint density at radius 1 is 1.14 bits per heavy atom. The number of anilines is 2. The van der Waals surface area contributed by atoms with Crippen molar-refractivity contribution in [3.05, 3.63) is 46.4 Å². The molecule has 0 saturated carbocycles. The molecule has 0 radical (unpaired) electrons. The van der Waals surface area contributed by atoms with Crippen LogP contribution in [-0.2, 0) is 25.5 Å². The Bertz CT molecular complexity index is 962. The fourth-order valence-corrected chi connectivity index (χ4v) is 3.38. The molecule has 0 saturated heterocycles. The largest absolute Gasteiger partial charge is 0.493 e. The minimum atomic E-state index is -0.582. The third-order valence-corrected chi connectivity index (χ3v) is 5.05. The number of hydrogen-bond acceptors (Lipinski definition) is 6. The molecule has 0 spiro atoms. The molecule has 0 unspecified atom stereocenters. The van der Waals surface area contributed by atoms with E-state index in [0.29, 0.717) is 32.9 Å². The summed E-state index contributed by atoms with van der Waals surface area (Å²) in [6.07, 6.45) is -0.0642. The number of carbonyl (C=O) groups is 3. The van der Waals surface area contributed by atoms with Gasteiger partial charge in [0, 0.05) is 4.47 Å². The minimum Gasteiger partial charge on any atom is -0.493 e. The van der Waals surface area contributed by atoms with E-state index in [1.165, 1.54) is 19.1 Å². The van der Waals surface area contributed by atoms with Gasteiger partial charge in [-0.05, 0) is 29.8 Å². The predicted molar refractivity (Wildman–Crippen MR) is 109 cm³/mol. The highest BCUT2D eigenvalue weighted by Crippen LogP contribution is 2.33. The van der Waals surface area contributed by atoms with Gasteiger partial charge in [0.25, 0.3) is 5.91 Å². The molecule has 1 aliphatic rings. The molecular formula is C20H19BrN2O6. The molecule has 0 fully saturated rings. The van der Waals surface area contributed by atoms with Gasteiger partial charge in [-0.25, -0.2) is 0 Å².